The molecule has 82 valence electrons. The molecule has 0 unspecified atom stereocenters. The molecular weight excluding hydrogens is 206 g/mol. The molecule has 15 heavy (non-hydrogen) atoms. The van der Waals surface area contributed by atoms with Gasteiger partial charge in [0.15, 0.2) is 0 Å². The number of benzene rings is 1. The molecule has 1 aliphatic rings. The van der Waals surface area contributed by atoms with Gasteiger partial charge in [-0.25, -0.2) is 0 Å². The van der Waals surface area contributed by atoms with E-state index in [1.165, 1.54) is 10.6 Å². The first kappa shape index (κ1) is 10.8. The molecule has 0 amide bonds. The number of nitrogens with one attached hydrogen (secondary N) is 1. The zero-order chi connectivity index (χ0) is 10.5. The van der Waals surface area contributed by atoms with Gasteiger partial charge in [0.1, 0.15) is 0 Å². The van der Waals surface area contributed by atoms with Gasteiger partial charge in [-0.3, -0.25) is 0 Å². The Bertz CT molecular complexity index is 310. The highest BCUT2D eigenvalue weighted by Gasteiger charge is 2.14. The molecule has 2 rings (SSSR count). The summed E-state index contributed by atoms with van der Waals surface area (Å²) < 4.78 is 5.34. The summed E-state index contributed by atoms with van der Waals surface area (Å²) in [6.07, 6.45) is 1.12. The number of hydrogen-bond donors (Lipinski definition) is 1. The van der Waals surface area contributed by atoms with Crippen LogP contribution in [0.3, 0.4) is 0 Å². The molecule has 0 saturated carbocycles. The van der Waals surface area contributed by atoms with Crippen molar-refractivity contribution in [2.45, 2.75) is 24.3 Å². The third-order valence-corrected chi connectivity index (χ3v) is 3.32. The maximum atomic E-state index is 5.34. The Morgan fingerprint density at radius 1 is 1.53 bits per heavy atom. The lowest BCUT2D eigenvalue weighted by Crippen LogP contribution is -2.18. The quantitative estimate of drug-likeness (QED) is 0.793. The number of hydrogen-bond acceptors (Lipinski definition) is 3. The Morgan fingerprint density at radius 2 is 2.47 bits per heavy atom. The van der Waals surface area contributed by atoms with Crippen molar-refractivity contribution >= 4 is 17.4 Å². The molecular formula is C12H17NOS. The van der Waals surface area contributed by atoms with E-state index in [9.17, 15) is 0 Å². The van der Waals surface area contributed by atoms with Crippen LogP contribution in [0.2, 0.25) is 0 Å². The minimum atomic E-state index is 0.492. The van der Waals surface area contributed by atoms with Gasteiger partial charge in [-0.15, -0.1) is 11.8 Å². The SMILES string of the molecule is CCSc1cccc(N[C@@H]2CCOC2)c1. The molecule has 1 fully saturated rings. The molecule has 1 aromatic rings. The van der Waals surface area contributed by atoms with Crippen molar-refractivity contribution in [2.75, 3.05) is 24.3 Å². The molecule has 1 heterocycles. The third-order valence-electron chi connectivity index (χ3n) is 2.45. The predicted octanol–water partition coefficient (Wildman–Crippen LogP) is 3.00. The van der Waals surface area contributed by atoms with E-state index in [0.717, 1.165) is 25.4 Å². The summed E-state index contributed by atoms with van der Waals surface area (Å²) in [7, 11) is 0. The maximum Gasteiger partial charge on any atom is 0.0668 e. The minimum absolute atomic E-state index is 0.492. The van der Waals surface area contributed by atoms with Crippen LogP contribution in [0.4, 0.5) is 5.69 Å². The average Bonchev–Trinajstić information content (AvgIpc) is 2.71. The molecule has 0 aliphatic carbocycles. The van der Waals surface area contributed by atoms with Gasteiger partial charge in [0.05, 0.1) is 12.6 Å². The fourth-order valence-electron chi connectivity index (χ4n) is 1.73. The molecule has 0 bridgehead atoms. The van der Waals surface area contributed by atoms with Crippen molar-refractivity contribution in [1.29, 1.82) is 0 Å². The fraction of sp³-hybridized carbons (Fsp3) is 0.500. The van der Waals surface area contributed by atoms with Crippen molar-refractivity contribution in [3.05, 3.63) is 24.3 Å². The zero-order valence-corrected chi connectivity index (χ0v) is 9.85. The largest absolute Gasteiger partial charge is 0.380 e. The topological polar surface area (TPSA) is 21.3 Å². The second-order valence-electron chi connectivity index (χ2n) is 3.67. The Balaban J connectivity index is 1.97. The van der Waals surface area contributed by atoms with E-state index in [0.29, 0.717) is 6.04 Å². The fourth-order valence-corrected chi connectivity index (χ4v) is 2.44. The van der Waals surface area contributed by atoms with Crippen LogP contribution in [0, 0.1) is 0 Å². The lowest BCUT2D eigenvalue weighted by atomic mass is 10.2. The van der Waals surface area contributed by atoms with Gasteiger partial charge < -0.3 is 10.1 Å². The lowest BCUT2D eigenvalue weighted by Gasteiger charge is -2.12. The standard InChI is InChI=1S/C12H17NOS/c1-2-15-12-5-3-4-10(8-12)13-11-6-7-14-9-11/h3-5,8,11,13H,2,6-7,9H2,1H3/t11-/m1/s1. The van der Waals surface area contributed by atoms with Gasteiger partial charge in [0.2, 0.25) is 0 Å². The molecule has 2 nitrogen and oxygen atoms in total. The van der Waals surface area contributed by atoms with E-state index >= 15 is 0 Å². The van der Waals surface area contributed by atoms with Crippen molar-refractivity contribution in [3.63, 3.8) is 0 Å². The van der Waals surface area contributed by atoms with Gasteiger partial charge in [0, 0.05) is 17.2 Å². The molecule has 1 N–H and O–H groups in total. The van der Waals surface area contributed by atoms with E-state index in [-0.39, 0.29) is 0 Å². The Hall–Kier alpha value is -0.670. The Kier molecular flexibility index (Phi) is 3.92. The smallest absolute Gasteiger partial charge is 0.0668 e. The monoisotopic (exact) mass is 223 g/mol. The van der Waals surface area contributed by atoms with Gasteiger partial charge >= 0.3 is 0 Å². The molecule has 0 aromatic heterocycles. The molecule has 1 aromatic carbocycles. The molecule has 0 spiro atoms. The summed E-state index contributed by atoms with van der Waals surface area (Å²) >= 11 is 1.88. The van der Waals surface area contributed by atoms with Crippen LogP contribution in [-0.4, -0.2) is 25.0 Å². The summed E-state index contributed by atoms with van der Waals surface area (Å²) in [6.45, 7) is 3.90. The second-order valence-corrected chi connectivity index (χ2v) is 5.00. The number of thioether (sulfide) groups is 1. The van der Waals surface area contributed by atoms with E-state index < -0.39 is 0 Å². The lowest BCUT2D eigenvalue weighted by molar-refractivity contribution is 0.195. The highest BCUT2D eigenvalue weighted by atomic mass is 32.2. The molecule has 1 atom stereocenters. The van der Waals surface area contributed by atoms with Crippen LogP contribution in [0.5, 0.6) is 0 Å². The van der Waals surface area contributed by atoms with Crippen molar-refractivity contribution < 1.29 is 4.74 Å². The van der Waals surface area contributed by atoms with Crippen LogP contribution in [0.1, 0.15) is 13.3 Å². The van der Waals surface area contributed by atoms with Crippen LogP contribution < -0.4 is 5.32 Å². The number of rotatable bonds is 4. The van der Waals surface area contributed by atoms with E-state index in [4.69, 9.17) is 4.74 Å². The first-order valence-corrected chi connectivity index (χ1v) is 6.44. The molecule has 1 aliphatic heterocycles. The molecule has 3 heteroatoms. The van der Waals surface area contributed by atoms with Gasteiger partial charge in [0.25, 0.3) is 0 Å². The van der Waals surface area contributed by atoms with Gasteiger partial charge in [-0.05, 0) is 30.4 Å². The zero-order valence-electron chi connectivity index (χ0n) is 9.03. The van der Waals surface area contributed by atoms with Crippen LogP contribution in [0.25, 0.3) is 0 Å². The Morgan fingerprint density at radius 3 is 3.20 bits per heavy atom. The highest BCUT2D eigenvalue weighted by molar-refractivity contribution is 7.99. The number of anilines is 1. The van der Waals surface area contributed by atoms with Crippen LogP contribution in [0.15, 0.2) is 29.2 Å². The number of ether oxygens (including phenoxy) is 1. The van der Waals surface area contributed by atoms with Crippen molar-refractivity contribution in [3.8, 4) is 0 Å². The highest BCUT2D eigenvalue weighted by Crippen LogP contribution is 2.22. The maximum absolute atomic E-state index is 5.34. The first-order valence-electron chi connectivity index (χ1n) is 5.45. The summed E-state index contributed by atoms with van der Waals surface area (Å²) in [6, 6.07) is 9.09. The van der Waals surface area contributed by atoms with E-state index in [2.05, 4.69) is 36.5 Å². The summed E-state index contributed by atoms with van der Waals surface area (Å²) in [5, 5.41) is 3.50. The van der Waals surface area contributed by atoms with Crippen LogP contribution >= 0.6 is 11.8 Å². The average molecular weight is 223 g/mol. The molecule has 0 radical (unpaired) electrons. The minimum Gasteiger partial charge on any atom is -0.380 e. The predicted molar refractivity (Wildman–Crippen MR) is 65.7 cm³/mol. The van der Waals surface area contributed by atoms with E-state index in [1.54, 1.807) is 0 Å². The normalized spacial score (nSPS) is 20.5. The summed E-state index contributed by atoms with van der Waals surface area (Å²) in [4.78, 5) is 1.33. The van der Waals surface area contributed by atoms with Crippen molar-refractivity contribution in [1.82, 2.24) is 0 Å². The van der Waals surface area contributed by atoms with Crippen molar-refractivity contribution in [2.24, 2.45) is 0 Å². The van der Waals surface area contributed by atoms with Gasteiger partial charge in [-0.1, -0.05) is 13.0 Å². The van der Waals surface area contributed by atoms with Gasteiger partial charge in [-0.2, -0.15) is 0 Å². The first-order chi connectivity index (χ1) is 7.38. The third kappa shape index (κ3) is 3.14. The van der Waals surface area contributed by atoms with E-state index in [1.807, 2.05) is 11.8 Å². The summed E-state index contributed by atoms with van der Waals surface area (Å²) in [5.41, 5.74) is 1.21. The second kappa shape index (κ2) is 5.42. The summed E-state index contributed by atoms with van der Waals surface area (Å²) in [5.74, 6) is 1.12. The molecule has 1 saturated heterocycles. The Labute approximate surface area is 95.4 Å². The van der Waals surface area contributed by atoms with Crippen LogP contribution in [-0.2, 0) is 4.74 Å².